The van der Waals surface area contributed by atoms with Gasteiger partial charge in [-0.15, -0.1) is 0 Å². The fourth-order valence-corrected chi connectivity index (χ4v) is 3.04. The van der Waals surface area contributed by atoms with E-state index in [1.165, 1.54) is 0 Å². The predicted octanol–water partition coefficient (Wildman–Crippen LogP) is 4.83. The maximum atomic E-state index is 8.77. The van der Waals surface area contributed by atoms with E-state index in [-0.39, 0.29) is 13.2 Å². The van der Waals surface area contributed by atoms with Gasteiger partial charge in [0, 0.05) is 28.8 Å². The number of ether oxygens (including phenoxy) is 2. The lowest BCUT2D eigenvalue weighted by Gasteiger charge is -2.14. The maximum absolute atomic E-state index is 8.77. The zero-order chi connectivity index (χ0) is 18.8. The minimum absolute atomic E-state index is 0.262. The van der Waals surface area contributed by atoms with E-state index < -0.39 is 0 Å². The van der Waals surface area contributed by atoms with Gasteiger partial charge in [0.2, 0.25) is 0 Å². The Morgan fingerprint density at radius 1 is 1.00 bits per heavy atom. The van der Waals surface area contributed by atoms with Crippen LogP contribution in [-0.2, 0) is 13.2 Å². The summed E-state index contributed by atoms with van der Waals surface area (Å²) in [5.74, 6) is 1.32. The van der Waals surface area contributed by atoms with Crippen LogP contribution in [0.5, 0.6) is 11.5 Å². The molecular formula is C20H25Cl2NO3. The molecule has 2 N–H and O–H groups in total. The van der Waals surface area contributed by atoms with Crippen LogP contribution in [0.15, 0.2) is 36.4 Å². The van der Waals surface area contributed by atoms with Crippen molar-refractivity contribution in [3.8, 4) is 11.5 Å². The first kappa shape index (κ1) is 20.8. The molecule has 0 saturated carbocycles. The molecule has 142 valence electrons. The summed E-state index contributed by atoms with van der Waals surface area (Å²) in [6.07, 6.45) is 2.94. The van der Waals surface area contributed by atoms with Crippen LogP contribution in [0.1, 0.15) is 30.4 Å². The fraction of sp³-hybridized carbons (Fsp3) is 0.400. The standard InChI is InChI=1S/C20H25Cl2NO3/c1-25-20-12-15(13-23-10-3-2-4-11-24)8-9-19(20)26-14-16-17(21)6-5-7-18(16)22/h5-9,12,23-24H,2-4,10-11,13-14H2,1H3. The minimum Gasteiger partial charge on any atom is -0.493 e. The molecule has 2 aromatic carbocycles. The number of benzene rings is 2. The largest absolute Gasteiger partial charge is 0.493 e. The Bertz CT molecular complexity index is 675. The number of aliphatic hydroxyl groups is 1. The lowest BCUT2D eigenvalue weighted by Crippen LogP contribution is -2.14. The normalized spacial score (nSPS) is 10.8. The number of methoxy groups -OCH3 is 1. The second-order valence-corrected chi connectivity index (χ2v) is 6.75. The molecule has 2 aromatic rings. The van der Waals surface area contributed by atoms with Crippen LogP contribution in [0.25, 0.3) is 0 Å². The fourth-order valence-electron chi connectivity index (χ4n) is 2.53. The van der Waals surface area contributed by atoms with Gasteiger partial charge in [-0.05, 0) is 55.6 Å². The van der Waals surface area contributed by atoms with E-state index in [1.807, 2.05) is 18.2 Å². The summed E-state index contributed by atoms with van der Waals surface area (Å²) in [6, 6.07) is 11.3. The molecule has 0 aliphatic rings. The van der Waals surface area contributed by atoms with Gasteiger partial charge in [0.25, 0.3) is 0 Å². The molecule has 0 radical (unpaired) electrons. The highest BCUT2D eigenvalue weighted by atomic mass is 35.5. The molecule has 26 heavy (non-hydrogen) atoms. The van der Waals surface area contributed by atoms with Crippen LogP contribution in [0.2, 0.25) is 10.0 Å². The van der Waals surface area contributed by atoms with Gasteiger partial charge < -0.3 is 19.9 Å². The van der Waals surface area contributed by atoms with Crippen molar-refractivity contribution < 1.29 is 14.6 Å². The van der Waals surface area contributed by atoms with Gasteiger partial charge >= 0.3 is 0 Å². The summed E-state index contributed by atoms with van der Waals surface area (Å²) < 4.78 is 11.3. The van der Waals surface area contributed by atoms with Crippen LogP contribution in [-0.4, -0.2) is 25.4 Å². The Balaban J connectivity index is 1.91. The van der Waals surface area contributed by atoms with Gasteiger partial charge in [-0.25, -0.2) is 0 Å². The number of aliphatic hydroxyl groups excluding tert-OH is 1. The number of hydrogen-bond acceptors (Lipinski definition) is 4. The first-order valence-electron chi connectivity index (χ1n) is 8.70. The van der Waals surface area contributed by atoms with Gasteiger partial charge in [0.05, 0.1) is 7.11 Å². The van der Waals surface area contributed by atoms with E-state index >= 15 is 0 Å². The van der Waals surface area contributed by atoms with Crippen molar-refractivity contribution in [1.82, 2.24) is 5.32 Å². The molecule has 0 spiro atoms. The summed E-state index contributed by atoms with van der Waals surface area (Å²) in [6.45, 7) is 2.22. The van der Waals surface area contributed by atoms with Crippen molar-refractivity contribution in [2.45, 2.75) is 32.4 Å². The molecule has 0 aliphatic heterocycles. The molecule has 0 atom stereocenters. The van der Waals surface area contributed by atoms with Gasteiger partial charge in [0.1, 0.15) is 6.61 Å². The second-order valence-electron chi connectivity index (χ2n) is 5.94. The van der Waals surface area contributed by atoms with Crippen molar-refractivity contribution in [1.29, 1.82) is 0 Å². The smallest absolute Gasteiger partial charge is 0.161 e. The number of rotatable bonds is 11. The van der Waals surface area contributed by atoms with Gasteiger partial charge in [-0.1, -0.05) is 35.3 Å². The Morgan fingerprint density at radius 3 is 2.46 bits per heavy atom. The van der Waals surface area contributed by atoms with E-state index in [2.05, 4.69) is 5.32 Å². The van der Waals surface area contributed by atoms with Crippen molar-refractivity contribution in [2.24, 2.45) is 0 Å². The van der Waals surface area contributed by atoms with Crippen LogP contribution in [0.3, 0.4) is 0 Å². The Labute approximate surface area is 165 Å². The predicted molar refractivity (Wildman–Crippen MR) is 106 cm³/mol. The highest BCUT2D eigenvalue weighted by Gasteiger charge is 2.10. The Hall–Kier alpha value is -1.46. The van der Waals surface area contributed by atoms with Crippen LogP contribution >= 0.6 is 23.2 Å². The van der Waals surface area contributed by atoms with Crippen LogP contribution in [0, 0.1) is 0 Å². The number of halogens is 2. The van der Waals surface area contributed by atoms with Gasteiger partial charge in [-0.2, -0.15) is 0 Å². The average molecular weight is 398 g/mol. The third-order valence-corrected chi connectivity index (χ3v) is 4.71. The van der Waals surface area contributed by atoms with E-state index in [0.717, 1.165) is 43.5 Å². The van der Waals surface area contributed by atoms with E-state index in [0.29, 0.717) is 21.5 Å². The number of unbranched alkanes of at least 4 members (excludes halogenated alkanes) is 2. The average Bonchev–Trinajstić information content (AvgIpc) is 2.64. The monoisotopic (exact) mass is 397 g/mol. The van der Waals surface area contributed by atoms with Crippen molar-refractivity contribution >= 4 is 23.2 Å². The molecule has 0 aliphatic carbocycles. The van der Waals surface area contributed by atoms with Crippen LogP contribution in [0.4, 0.5) is 0 Å². The summed E-state index contributed by atoms with van der Waals surface area (Å²) >= 11 is 12.4. The quantitative estimate of drug-likeness (QED) is 0.532. The molecule has 2 rings (SSSR count). The maximum Gasteiger partial charge on any atom is 0.161 e. The van der Waals surface area contributed by atoms with Gasteiger partial charge in [-0.3, -0.25) is 0 Å². The molecule has 0 saturated heterocycles. The summed E-state index contributed by atoms with van der Waals surface area (Å²) in [7, 11) is 1.62. The lowest BCUT2D eigenvalue weighted by molar-refractivity contribution is 0.282. The van der Waals surface area contributed by atoms with Crippen molar-refractivity contribution in [3.63, 3.8) is 0 Å². The summed E-state index contributed by atoms with van der Waals surface area (Å²) in [5.41, 5.74) is 1.87. The molecule has 0 heterocycles. The second kappa shape index (κ2) is 11.3. The number of hydrogen-bond donors (Lipinski definition) is 2. The zero-order valence-corrected chi connectivity index (χ0v) is 16.4. The minimum atomic E-state index is 0.262. The molecule has 0 aromatic heterocycles. The van der Waals surface area contributed by atoms with E-state index in [4.69, 9.17) is 37.8 Å². The van der Waals surface area contributed by atoms with E-state index in [1.54, 1.807) is 25.3 Å². The third-order valence-electron chi connectivity index (χ3n) is 4.00. The first-order valence-corrected chi connectivity index (χ1v) is 9.45. The first-order chi connectivity index (χ1) is 12.7. The van der Waals surface area contributed by atoms with E-state index in [9.17, 15) is 0 Å². The highest BCUT2D eigenvalue weighted by molar-refractivity contribution is 6.35. The topological polar surface area (TPSA) is 50.7 Å². The number of nitrogens with one attached hydrogen (secondary N) is 1. The molecule has 0 fully saturated rings. The Kier molecular flexibility index (Phi) is 9.06. The third kappa shape index (κ3) is 6.36. The van der Waals surface area contributed by atoms with Gasteiger partial charge in [0.15, 0.2) is 11.5 Å². The molecule has 0 bridgehead atoms. The Morgan fingerprint density at radius 2 is 1.77 bits per heavy atom. The molecular weight excluding hydrogens is 373 g/mol. The molecule has 0 unspecified atom stereocenters. The molecule has 6 heteroatoms. The molecule has 0 amide bonds. The highest BCUT2D eigenvalue weighted by Crippen LogP contribution is 2.31. The van der Waals surface area contributed by atoms with Crippen molar-refractivity contribution in [3.05, 3.63) is 57.6 Å². The summed E-state index contributed by atoms with van der Waals surface area (Å²) in [5, 5.41) is 13.3. The SMILES string of the molecule is COc1cc(CNCCCCCO)ccc1OCc1c(Cl)cccc1Cl. The summed E-state index contributed by atoms with van der Waals surface area (Å²) in [4.78, 5) is 0. The lowest BCUT2D eigenvalue weighted by atomic mass is 10.2. The zero-order valence-electron chi connectivity index (χ0n) is 14.9. The molecule has 4 nitrogen and oxygen atoms in total. The van der Waals surface area contributed by atoms with Crippen LogP contribution < -0.4 is 14.8 Å². The van der Waals surface area contributed by atoms with Crippen molar-refractivity contribution in [2.75, 3.05) is 20.3 Å².